The number of methoxy groups -OCH3 is 3. The zero-order valence-corrected chi connectivity index (χ0v) is 21.3. The van der Waals surface area contributed by atoms with Gasteiger partial charge >= 0.3 is 0 Å². The van der Waals surface area contributed by atoms with Gasteiger partial charge < -0.3 is 18.9 Å². The smallest absolute Gasteiger partial charge is 0.185 e. The lowest BCUT2D eigenvalue weighted by atomic mass is 10.0. The molecule has 4 aromatic rings. The minimum absolute atomic E-state index is 0.135. The first-order chi connectivity index (χ1) is 18.1. The second-order valence-electron chi connectivity index (χ2n) is 8.40. The predicted molar refractivity (Wildman–Crippen MR) is 146 cm³/mol. The molecule has 0 saturated carbocycles. The molecule has 0 radical (unpaired) electrons. The number of carbonyl (C=O) groups is 1. The minimum atomic E-state index is -0.135. The van der Waals surface area contributed by atoms with Gasteiger partial charge in [0.1, 0.15) is 18.1 Å². The summed E-state index contributed by atoms with van der Waals surface area (Å²) in [5.41, 5.74) is 4.61. The van der Waals surface area contributed by atoms with E-state index in [2.05, 4.69) is 18.2 Å². The third-order valence-corrected chi connectivity index (χ3v) is 5.99. The number of hydrogen-bond acceptors (Lipinski definition) is 5. The van der Waals surface area contributed by atoms with E-state index in [1.54, 1.807) is 51.7 Å². The molecular weight excluding hydrogens is 464 g/mol. The molecule has 0 amide bonds. The summed E-state index contributed by atoms with van der Waals surface area (Å²) < 4.78 is 22.4. The maximum Gasteiger partial charge on any atom is 0.185 e. The number of para-hydroxylation sites is 1. The SMILES string of the molecule is COc1ccc(/C=C/C(=O)c2ccc(OC)c(OC)c2)cc1COc1ccccc1Cc1ccccc1. The lowest BCUT2D eigenvalue weighted by Crippen LogP contribution is -2.02. The average Bonchev–Trinajstić information content (AvgIpc) is 2.95. The standard InChI is InChI=1S/C32H30O5/c1-34-29-17-14-24(13-16-28(33)25-15-18-31(35-2)32(21-25)36-3)20-27(29)22-37-30-12-8-7-11-26(30)19-23-9-5-4-6-10-23/h4-18,20-21H,19,22H2,1-3H3/b16-13+. The molecule has 0 heterocycles. The molecule has 0 bridgehead atoms. The number of benzene rings is 4. The van der Waals surface area contributed by atoms with Gasteiger partial charge in [-0.15, -0.1) is 0 Å². The van der Waals surface area contributed by atoms with Crippen molar-refractivity contribution in [3.05, 3.63) is 125 Å². The Morgan fingerprint density at radius 1 is 0.676 bits per heavy atom. The van der Waals surface area contributed by atoms with Crippen LogP contribution in [0.25, 0.3) is 6.08 Å². The summed E-state index contributed by atoms with van der Waals surface area (Å²) in [6, 6.07) is 29.2. The second kappa shape index (κ2) is 12.5. The topological polar surface area (TPSA) is 54.0 Å². The van der Waals surface area contributed by atoms with Gasteiger partial charge in [-0.25, -0.2) is 0 Å². The third-order valence-electron chi connectivity index (χ3n) is 5.99. The van der Waals surface area contributed by atoms with E-state index in [0.717, 1.165) is 34.6 Å². The first kappa shape index (κ1) is 25.6. The lowest BCUT2D eigenvalue weighted by Gasteiger charge is -2.14. The molecule has 0 aliphatic heterocycles. The highest BCUT2D eigenvalue weighted by atomic mass is 16.5. The number of ether oxygens (including phenoxy) is 4. The van der Waals surface area contributed by atoms with Crippen molar-refractivity contribution in [1.29, 1.82) is 0 Å². The van der Waals surface area contributed by atoms with Crippen LogP contribution in [0, 0.1) is 0 Å². The summed E-state index contributed by atoms with van der Waals surface area (Å²) in [6.07, 6.45) is 4.11. The molecule has 0 spiro atoms. The van der Waals surface area contributed by atoms with Crippen LogP contribution in [0.3, 0.4) is 0 Å². The van der Waals surface area contributed by atoms with Gasteiger partial charge in [-0.05, 0) is 59.2 Å². The highest BCUT2D eigenvalue weighted by Crippen LogP contribution is 2.29. The van der Waals surface area contributed by atoms with Crippen LogP contribution in [0.1, 0.15) is 32.6 Å². The molecule has 37 heavy (non-hydrogen) atoms. The Morgan fingerprint density at radius 2 is 1.38 bits per heavy atom. The first-order valence-electron chi connectivity index (χ1n) is 12.0. The zero-order valence-electron chi connectivity index (χ0n) is 21.3. The fraction of sp³-hybridized carbons (Fsp3) is 0.156. The molecule has 0 saturated heterocycles. The Morgan fingerprint density at radius 3 is 2.14 bits per heavy atom. The average molecular weight is 495 g/mol. The highest BCUT2D eigenvalue weighted by molar-refractivity contribution is 6.07. The zero-order chi connectivity index (χ0) is 26.0. The Bertz CT molecular complexity index is 1380. The number of ketones is 1. The maximum atomic E-state index is 12.8. The van der Waals surface area contributed by atoms with Crippen molar-refractivity contribution in [1.82, 2.24) is 0 Å². The van der Waals surface area contributed by atoms with Crippen molar-refractivity contribution in [2.24, 2.45) is 0 Å². The van der Waals surface area contributed by atoms with Gasteiger partial charge in [0.25, 0.3) is 0 Å². The molecule has 0 N–H and O–H groups in total. The molecule has 0 aromatic heterocycles. The van der Waals surface area contributed by atoms with Gasteiger partial charge in [0.2, 0.25) is 0 Å². The molecule has 0 atom stereocenters. The van der Waals surface area contributed by atoms with E-state index in [1.807, 2.05) is 54.6 Å². The van der Waals surface area contributed by atoms with Gasteiger partial charge in [0, 0.05) is 17.5 Å². The van der Waals surface area contributed by atoms with Crippen molar-refractivity contribution >= 4 is 11.9 Å². The Hall–Kier alpha value is -4.51. The van der Waals surface area contributed by atoms with Crippen molar-refractivity contribution < 1.29 is 23.7 Å². The molecule has 4 rings (SSSR count). The molecule has 0 fully saturated rings. The van der Waals surface area contributed by atoms with Crippen LogP contribution >= 0.6 is 0 Å². The fourth-order valence-electron chi connectivity index (χ4n) is 4.03. The van der Waals surface area contributed by atoms with Gasteiger partial charge in [0.05, 0.1) is 21.3 Å². The molecule has 188 valence electrons. The quantitative estimate of drug-likeness (QED) is 0.170. The van der Waals surface area contributed by atoms with E-state index < -0.39 is 0 Å². The number of carbonyl (C=O) groups excluding carboxylic acids is 1. The summed E-state index contributed by atoms with van der Waals surface area (Å²) in [5.74, 6) is 2.51. The second-order valence-corrected chi connectivity index (χ2v) is 8.40. The molecule has 5 nitrogen and oxygen atoms in total. The van der Waals surface area contributed by atoms with E-state index in [1.165, 1.54) is 5.56 Å². The first-order valence-corrected chi connectivity index (χ1v) is 12.0. The summed E-state index contributed by atoms with van der Waals surface area (Å²) in [6.45, 7) is 0.334. The molecular formula is C32H30O5. The van der Waals surface area contributed by atoms with E-state index in [-0.39, 0.29) is 5.78 Å². The lowest BCUT2D eigenvalue weighted by molar-refractivity contribution is 0.104. The minimum Gasteiger partial charge on any atom is -0.496 e. The number of allylic oxidation sites excluding steroid dienone is 1. The van der Waals surface area contributed by atoms with Gasteiger partial charge in [0.15, 0.2) is 17.3 Å². The number of hydrogen-bond donors (Lipinski definition) is 0. The Balaban J connectivity index is 1.49. The van der Waals surface area contributed by atoms with E-state index in [4.69, 9.17) is 18.9 Å². The van der Waals surface area contributed by atoms with Gasteiger partial charge in [-0.3, -0.25) is 4.79 Å². The van der Waals surface area contributed by atoms with Crippen molar-refractivity contribution in [2.75, 3.05) is 21.3 Å². The van der Waals surface area contributed by atoms with Crippen LogP contribution in [0.4, 0.5) is 0 Å². The molecule has 0 aliphatic rings. The highest BCUT2D eigenvalue weighted by Gasteiger charge is 2.10. The largest absolute Gasteiger partial charge is 0.496 e. The van der Waals surface area contributed by atoms with Crippen LogP contribution in [0.5, 0.6) is 23.0 Å². The predicted octanol–water partition coefficient (Wildman–Crippen LogP) is 6.78. The number of rotatable bonds is 11. The molecule has 0 aliphatic carbocycles. The Kier molecular flexibility index (Phi) is 8.61. The van der Waals surface area contributed by atoms with Crippen LogP contribution in [0.15, 0.2) is 97.1 Å². The summed E-state index contributed by atoms with van der Waals surface area (Å²) >= 11 is 0. The molecule has 0 unspecified atom stereocenters. The van der Waals surface area contributed by atoms with E-state index in [0.29, 0.717) is 23.7 Å². The van der Waals surface area contributed by atoms with Crippen molar-refractivity contribution in [3.8, 4) is 23.0 Å². The van der Waals surface area contributed by atoms with Crippen LogP contribution in [0.2, 0.25) is 0 Å². The van der Waals surface area contributed by atoms with E-state index >= 15 is 0 Å². The summed E-state index contributed by atoms with van der Waals surface area (Å²) in [7, 11) is 4.74. The van der Waals surface area contributed by atoms with Crippen LogP contribution < -0.4 is 18.9 Å². The van der Waals surface area contributed by atoms with Crippen molar-refractivity contribution in [2.45, 2.75) is 13.0 Å². The Labute approximate surface area is 217 Å². The third kappa shape index (κ3) is 6.58. The van der Waals surface area contributed by atoms with Gasteiger partial charge in [-0.2, -0.15) is 0 Å². The van der Waals surface area contributed by atoms with E-state index in [9.17, 15) is 4.79 Å². The maximum absolute atomic E-state index is 12.8. The normalized spacial score (nSPS) is 10.8. The van der Waals surface area contributed by atoms with Gasteiger partial charge in [-0.1, -0.05) is 60.7 Å². The monoisotopic (exact) mass is 494 g/mol. The summed E-state index contributed by atoms with van der Waals surface area (Å²) in [4.78, 5) is 12.8. The molecule has 4 aromatic carbocycles. The van der Waals surface area contributed by atoms with Crippen LogP contribution in [-0.2, 0) is 13.0 Å². The van der Waals surface area contributed by atoms with Crippen molar-refractivity contribution in [3.63, 3.8) is 0 Å². The summed E-state index contributed by atoms with van der Waals surface area (Å²) in [5, 5.41) is 0. The van der Waals surface area contributed by atoms with Crippen LogP contribution in [-0.4, -0.2) is 27.1 Å². The fourth-order valence-corrected chi connectivity index (χ4v) is 4.03. The molecule has 5 heteroatoms.